The van der Waals surface area contributed by atoms with Gasteiger partial charge in [0.25, 0.3) is 0 Å². The number of aromatic nitrogens is 2. The summed E-state index contributed by atoms with van der Waals surface area (Å²) in [7, 11) is 0. The van der Waals surface area contributed by atoms with Gasteiger partial charge in [0.1, 0.15) is 12.0 Å². The van der Waals surface area contributed by atoms with E-state index in [0.29, 0.717) is 5.84 Å². The molecule has 12 aromatic rings. The fourth-order valence-electron chi connectivity index (χ4n) is 11.1. The Hall–Kier alpha value is -9.18. The van der Waals surface area contributed by atoms with Gasteiger partial charge in [0.2, 0.25) is 0 Å². The molecule has 8 heteroatoms. The van der Waals surface area contributed by atoms with Crippen LogP contribution in [0.25, 0.3) is 66.1 Å². The Bertz CT molecular complexity index is 4060. The van der Waals surface area contributed by atoms with Gasteiger partial charge in [0.15, 0.2) is 5.84 Å². The van der Waals surface area contributed by atoms with E-state index in [2.05, 4.69) is 261 Å². The van der Waals surface area contributed by atoms with E-state index in [1.807, 2.05) is 24.3 Å². The molecule has 8 nitrogen and oxygen atoms in total. The van der Waals surface area contributed by atoms with E-state index in [-0.39, 0.29) is 24.7 Å². The van der Waals surface area contributed by atoms with Crippen LogP contribution in [0.2, 0.25) is 0 Å². The largest absolute Gasteiger partial charge is 0.344 e. The van der Waals surface area contributed by atoms with Crippen LogP contribution < -0.4 is 21.3 Å². The Balaban J connectivity index is 0.827. The third kappa shape index (κ3) is 7.86. The summed E-state index contributed by atoms with van der Waals surface area (Å²) in [5.74, 6) is 1.49. The molecule has 0 radical (unpaired) electrons. The molecule has 14 rings (SSSR count). The second kappa shape index (κ2) is 18.5. The smallest absolute Gasteiger partial charge is 0.159 e. The van der Waals surface area contributed by atoms with Crippen LogP contribution in [0.3, 0.4) is 0 Å². The number of benzene rings is 10. The third-order valence-electron chi connectivity index (χ3n) is 14.7. The molecule has 2 aliphatic rings. The fourth-order valence-corrected chi connectivity index (χ4v) is 11.1. The summed E-state index contributed by atoms with van der Waals surface area (Å²) in [4.78, 5) is 10.3. The number of hydrogen-bond donors (Lipinski definition) is 4. The Morgan fingerprint density at radius 2 is 0.743 bits per heavy atom. The molecule has 10 aromatic carbocycles. The number of para-hydroxylation sites is 2. The molecule has 0 aliphatic carbocycles. The maximum Gasteiger partial charge on any atom is 0.159 e. The van der Waals surface area contributed by atoms with Crippen molar-refractivity contribution in [3.63, 3.8) is 0 Å². The van der Waals surface area contributed by atoms with Gasteiger partial charge in [0.05, 0.1) is 40.6 Å². The first-order valence-electron chi connectivity index (χ1n) is 25.4. The minimum Gasteiger partial charge on any atom is -0.344 e. The lowest BCUT2D eigenvalue weighted by Gasteiger charge is -2.39. The molecule has 4 heterocycles. The van der Waals surface area contributed by atoms with Gasteiger partial charge in [-0.2, -0.15) is 0 Å². The molecule has 3 unspecified atom stereocenters. The second-order valence-corrected chi connectivity index (χ2v) is 19.2. The zero-order chi connectivity index (χ0) is 49.0. The summed E-state index contributed by atoms with van der Waals surface area (Å²) in [5.41, 5.74) is 15.7. The lowest BCUT2D eigenvalue weighted by atomic mass is 10.0. The highest BCUT2D eigenvalue weighted by Crippen LogP contribution is 2.39. The highest BCUT2D eigenvalue weighted by molar-refractivity contribution is 6.15. The van der Waals surface area contributed by atoms with Crippen LogP contribution in [0.5, 0.6) is 0 Å². The van der Waals surface area contributed by atoms with Gasteiger partial charge in [-0.25, -0.2) is 9.98 Å². The number of hydrogen-bond acceptors (Lipinski definition) is 6. The Kier molecular flexibility index (Phi) is 10.9. The second-order valence-electron chi connectivity index (χ2n) is 19.2. The molecule has 0 amide bonds. The number of aliphatic imine (C=N–C) groups is 2. The maximum atomic E-state index is 5.20. The number of nitrogens with zero attached hydrogens (tertiary/aromatic N) is 4. The van der Waals surface area contributed by atoms with Crippen molar-refractivity contribution in [2.24, 2.45) is 9.98 Å². The van der Waals surface area contributed by atoms with E-state index in [1.54, 1.807) is 0 Å². The minimum atomic E-state index is -0.280. The lowest BCUT2D eigenvalue weighted by Crippen LogP contribution is -2.54. The molecular weight excluding hydrogens is 905 g/mol. The van der Waals surface area contributed by atoms with Crippen LogP contribution in [0.4, 0.5) is 0 Å². The van der Waals surface area contributed by atoms with Crippen molar-refractivity contribution in [1.29, 1.82) is 0 Å². The molecule has 74 heavy (non-hydrogen) atoms. The molecule has 0 spiro atoms. The van der Waals surface area contributed by atoms with Crippen LogP contribution in [-0.2, 0) is 0 Å². The molecule has 0 saturated carbocycles. The predicted octanol–water partition coefficient (Wildman–Crippen LogP) is 14.2. The summed E-state index contributed by atoms with van der Waals surface area (Å²) in [6.07, 6.45) is -0.501. The summed E-state index contributed by atoms with van der Waals surface area (Å²) in [6, 6.07) is 90.9. The maximum absolute atomic E-state index is 5.20. The first-order valence-corrected chi connectivity index (χ1v) is 25.4. The normalized spacial score (nSPS) is 17.8. The highest BCUT2D eigenvalue weighted by Gasteiger charge is 2.30. The van der Waals surface area contributed by atoms with Crippen molar-refractivity contribution in [3.8, 4) is 22.5 Å². The Morgan fingerprint density at radius 3 is 1.31 bits per heavy atom. The van der Waals surface area contributed by atoms with Crippen molar-refractivity contribution < 1.29 is 0 Å². The van der Waals surface area contributed by atoms with Crippen LogP contribution in [-0.4, -0.2) is 20.8 Å². The van der Waals surface area contributed by atoms with Crippen molar-refractivity contribution >= 4 is 55.3 Å². The van der Waals surface area contributed by atoms with E-state index >= 15 is 0 Å². The predicted molar refractivity (Wildman–Crippen MR) is 303 cm³/mol. The van der Waals surface area contributed by atoms with Gasteiger partial charge in [-0.3, -0.25) is 16.0 Å². The Morgan fingerprint density at radius 1 is 0.311 bits per heavy atom. The average molecular weight is 955 g/mol. The zero-order valence-corrected chi connectivity index (χ0v) is 40.3. The molecule has 354 valence electrons. The quantitative estimate of drug-likeness (QED) is 0.116. The van der Waals surface area contributed by atoms with Gasteiger partial charge >= 0.3 is 0 Å². The van der Waals surface area contributed by atoms with E-state index < -0.39 is 0 Å². The van der Waals surface area contributed by atoms with Crippen LogP contribution >= 0.6 is 0 Å². The van der Waals surface area contributed by atoms with Gasteiger partial charge in [-0.05, 0) is 94.0 Å². The topological polar surface area (TPSA) is 82.7 Å². The van der Waals surface area contributed by atoms with Crippen molar-refractivity contribution in [2.45, 2.75) is 24.7 Å². The molecule has 2 aliphatic heterocycles. The number of amidine groups is 2. The van der Waals surface area contributed by atoms with Crippen LogP contribution in [0, 0.1) is 0 Å². The number of rotatable bonds is 9. The SMILES string of the molecule is c1ccc(C2=NC(c3cccc(-n4c5ccccc5c5cc(-c6ccc7c(c6)c6ccccc6n7-c6cccc(C7NC(c8ccccc8)NC(c8ccccc8)N7)c6)ccc54)c3)=NC(c3ccccc3)N2)cc1. The summed E-state index contributed by atoms with van der Waals surface area (Å²) >= 11 is 0. The van der Waals surface area contributed by atoms with Gasteiger partial charge in [-0.15, -0.1) is 0 Å². The first kappa shape index (κ1) is 43.6. The molecule has 2 aromatic heterocycles. The number of nitrogens with one attached hydrogen (secondary N) is 4. The van der Waals surface area contributed by atoms with Crippen molar-refractivity contribution in [2.75, 3.05) is 0 Å². The average Bonchev–Trinajstić information content (AvgIpc) is 4.02. The summed E-state index contributed by atoms with van der Waals surface area (Å²) in [6.45, 7) is 0. The van der Waals surface area contributed by atoms with Gasteiger partial charge in [0, 0.05) is 44.0 Å². The highest BCUT2D eigenvalue weighted by atomic mass is 15.4. The third-order valence-corrected chi connectivity index (χ3v) is 14.7. The van der Waals surface area contributed by atoms with E-state index in [1.165, 1.54) is 43.8 Å². The first-order chi connectivity index (χ1) is 36.7. The molecular formula is C66H50N8. The standard InChI is InChI=1S/C66H50N8/c1-5-19-43(20-6-1)61-67-62(44-21-7-2-8-22-44)70-65(69-61)49-27-17-29-51(39-49)73-57-33-15-13-31-53(57)55-41-47(35-37-59(55)73)48-36-38-60-56(42-48)54-32-14-16-34-58(54)74(60)52-30-18-28-50(40-52)66-71-63(45-23-9-3-10-24-45)68-64(72-66)46-25-11-4-12-26-46/h1-42,61-63,65,67,69-70H,(H,68,71,72). The van der Waals surface area contributed by atoms with Gasteiger partial charge in [-0.1, -0.05) is 194 Å². The van der Waals surface area contributed by atoms with Crippen LogP contribution in [0.1, 0.15) is 58.0 Å². The molecule has 4 N–H and O–H groups in total. The molecule has 1 fully saturated rings. The fraction of sp³-hybridized carbons (Fsp3) is 0.0606. The molecule has 1 saturated heterocycles. The molecule has 0 bridgehead atoms. The lowest BCUT2D eigenvalue weighted by molar-refractivity contribution is 0.203. The Labute approximate surface area is 429 Å². The van der Waals surface area contributed by atoms with Gasteiger partial charge < -0.3 is 14.5 Å². The van der Waals surface area contributed by atoms with E-state index in [4.69, 9.17) is 9.98 Å². The van der Waals surface area contributed by atoms with Crippen molar-refractivity contribution in [1.82, 2.24) is 30.4 Å². The molecule has 3 atom stereocenters. The monoisotopic (exact) mass is 954 g/mol. The summed E-state index contributed by atoms with van der Waals surface area (Å²) < 4.78 is 4.79. The zero-order valence-electron chi connectivity index (χ0n) is 40.3. The van der Waals surface area contributed by atoms with E-state index in [0.717, 1.165) is 61.6 Å². The number of fused-ring (bicyclic) bond motifs is 6. The van der Waals surface area contributed by atoms with E-state index in [9.17, 15) is 0 Å². The minimum absolute atomic E-state index is 0.0530. The van der Waals surface area contributed by atoms with Crippen molar-refractivity contribution in [3.05, 3.63) is 288 Å². The summed E-state index contributed by atoms with van der Waals surface area (Å²) in [5, 5.41) is 20.0. The van der Waals surface area contributed by atoms with Crippen LogP contribution in [0.15, 0.2) is 265 Å².